The van der Waals surface area contributed by atoms with E-state index in [2.05, 4.69) is 22.3 Å². The molecule has 0 bridgehead atoms. The first-order valence-corrected chi connectivity index (χ1v) is 6.29. The third-order valence-electron chi connectivity index (χ3n) is 2.81. The Bertz CT molecular complexity index is 451. The molecule has 0 amide bonds. The maximum absolute atomic E-state index is 11.2. The Kier molecular flexibility index (Phi) is 5.43. The maximum Gasteiger partial charge on any atom is 0.332 e. The van der Waals surface area contributed by atoms with Gasteiger partial charge in [-0.15, -0.1) is 0 Å². The van der Waals surface area contributed by atoms with Crippen molar-refractivity contribution < 1.29 is 4.92 Å². The Balaban J connectivity index is 3.27. The molecule has 0 aliphatic rings. The first kappa shape index (κ1) is 15.1. The predicted octanol–water partition coefficient (Wildman–Crippen LogP) is 1.61. The number of aromatic nitrogens is 2. The number of unbranched alkanes of at least 4 members (excludes halogenated alkanes) is 1. The van der Waals surface area contributed by atoms with Crippen LogP contribution in [0.5, 0.6) is 0 Å². The third-order valence-corrected chi connectivity index (χ3v) is 2.81. The molecule has 0 saturated carbocycles. The summed E-state index contributed by atoms with van der Waals surface area (Å²) in [7, 11) is 0. The molecule has 8 nitrogen and oxygen atoms in total. The van der Waals surface area contributed by atoms with Crippen molar-refractivity contribution in [2.45, 2.75) is 33.6 Å². The smallest absolute Gasteiger partial charge is 0.332 e. The molecule has 1 aromatic heterocycles. The summed E-state index contributed by atoms with van der Waals surface area (Å²) in [5, 5.41) is 11.2. The van der Waals surface area contributed by atoms with Gasteiger partial charge in [-0.05, 0) is 20.3 Å². The molecular formula is C11H20N6O2. The molecule has 0 atom stereocenters. The molecule has 0 radical (unpaired) electrons. The fourth-order valence-corrected chi connectivity index (χ4v) is 1.81. The van der Waals surface area contributed by atoms with Crippen LogP contribution in [0.1, 0.15) is 32.4 Å². The van der Waals surface area contributed by atoms with Crippen molar-refractivity contribution in [3.05, 3.63) is 15.8 Å². The average molecular weight is 268 g/mol. The van der Waals surface area contributed by atoms with Crippen molar-refractivity contribution in [1.82, 2.24) is 9.97 Å². The second-order valence-corrected chi connectivity index (χ2v) is 4.14. The molecule has 0 spiro atoms. The summed E-state index contributed by atoms with van der Waals surface area (Å²) >= 11 is 0. The Morgan fingerprint density at radius 1 is 1.42 bits per heavy atom. The summed E-state index contributed by atoms with van der Waals surface area (Å²) in [6.45, 7) is 6.94. The van der Waals surface area contributed by atoms with Crippen LogP contribution >= 0.6 is 0 Å². The lowest BCUT2D eigenvalue weighted by Crippen LogP contribution is -2.27. The fourth-order valence-electron chi connectivity index (χ4n) is 1.81. The van der Waals surface area contributed by atoms with Crippen LogP contribution in [0.25, 0.3) is 0 Å². The number of nitrogens with two attached hydrogens (primary N) is 1. The lowest BCUT2D eigenvalue weighted by molar-refractivity contribution is -0.385. The van der Waals surface area contributed by atoms with Gasteiger partial charge in [0.25, 0.3) is 0 Å². The number of rotatable bonds is 7. The average Bonchev–Trinajstić information content (AvgIpc) is 2.38. The SMILES string of the molecule is CCCCN(CC)c1nc(NN)nc(C)c1[N+](=O)[O-]. The van der Waals surface area contributed by atoms with Gasteiger partial charge < -0.3 is 4.90 Å². The van der Waals surface area contributed by atoms with Gasteiger partial charge in [0.05, 0.1) is 4.92 Å². The molecule has 106 valence electrons. The number of nitrogens with one attached hydrogen (secondary N) is 1. The number of hydrogen-bond acceptors (Lipinski definition) is 7. The molecule has 0 aliphatic carbocycles. The van der Waals surface area contributed by atoms with Gasteiger partial charge in [-0.25, -0.2) is 10.8 Å². The number of aryl methyl sites for hydroxylation is 1. The van der Waals surface area contributed by atoms with Crippen molar-refractivity contribution in [2.75, 3.05) is 23.4 Å². The van der Waals surface area contributed by atoms with Crippen LogP contribution in [-0.4, -0.2) is 28.0 Å². The minimum absolute atomic E-state index is 0.0584. The highest BCUT2D eigenvalue weighted by Crippen LogP contribution is 2.29. The molecule has 1 heterocycles. The molecule has 0 saturated heterocycles. The topological polar surface area (TPSA) is 110 Å². The zero-order valence-electron chi connectivity index (χ0n) is 11.5. The van der Waals surface area contributed by atoms with E-state index in [1.807, 2.05) is 11.8 Å². The standard InChI is InChI=1S/C11H20N6O2/c1-4-6-7-16(5-2)10-9(17(18)19)8(3)13-11(14-10)15-12/h4-7,12H2,1-3H3,(H,13,14,15). The Morgan fingerprint density at radius 3 is 2.58 bits per heavy atom. The monoisotopic (exact) mass is 268 g/mol. The van der Waals surface area contributed by atoms with E-state index in [1.54, 1.807) is 6.92 Å². The van der Waals surface area contributed by atoms with Gasteiger partial charge in [-0.3, -0.25) is 15.5 Å². The minimum atomic E-state index is -0.445. The van der Waals surface area contributed by atoms with Crippen LogP contribution in [-0.2, 0) is 0 Å². The Hall–Kier alpha value is -1.96. The first-order valence-electron chi connectivity index (χ1n) is 6.29. The summed E-state index contributed by atoms with van der Waals surface area (Å²) in [5.41, 5.74) is 2.58. The van der Waals surface area contributed by atoms with E-state index >= 15 is 0 Å². The van der Waals surface area contributed by atoms with Gasteiger partial charge in [0.15, 0.2) is 0 Å². The summed E-state index contributed by atoms with van der Waals surface area (Å²) in [6, 6.07) is 0. The van der Waals surface area contributed by atoms with E-state index in [4.69, 9.17) is 5.84 Å². The first-order chi connectivity index (χ1) is 9.04. The quantitative estimate of drug-likeness (QED) is 0.439. The third kappa shape index (κ3) is 3.50. The fraction of sp³-hybridized carbons (Fsp3) is 0.636. The van der Waals surface area contributed by atoms with Crippen LogP contribution in [0.15, 0.2) is 0 Å². The lowest BCUT2D eigenvalue weighted by Gasteiger charge is -2.22. The number of hydrazine groups is 1. The zero-order chi connectivity index (χ0) is 14.4. The van der Waals surface area contributed by atoms with E-state index in [1.165, 1.54) is 0 Å². The summed E-state index contributed by atoms with van der Waals surface area (Å²) in [6.07, 6.45) is 1.95. The van der Waals surface area contributed by atoms with E-state index in [-0.39, 0.29) is 11.6 Å². The summed E-state index contributed by atoms with van der Waals surface area (Å²) < 4.78 is 0. The van der Waals surface area contributed by atoms with Gasteiger partial charge in [0, 0.05) is 13.1 Å². The van der Waals surface area contributed by atoms with Crippen LogP contribution in [0.3, 0.4) is 0 Å². The summed E-state index contributed by atoms with van der Waals surface area (Å²) in [5.74, 6) is 5.80. The minimum Gasteiger partial charge on any atom is -0.351 e. The Labute approximate surface area is 112 Å². The number of nitrogen functional groups attached to an aromatic ring is 1. The Morgan fingerprint density at radius 2 is 2.11 bits per heavy atom. The molecule has 0 unspecified atom stereocenters. The van der Waals surface area contributed by atoms with Gasteiger partial charge in [0.2, 0.25) is 11.8 Å². The van der Waals surface area contributed by atoms with Crippen LogP contribution in [0, 0.1) is 17.0 Å². The normalized spacial score (nSPS) is 10.3. The maximum atomic E-state index is 11.2. The predicted molar refractivity (Wildman–Crippen MR) is 74.0 cm³/mol. The van der Waals surface area contributed by atoms with E-state index in [0.717, 1.165) is 12.8 Å². The largest absolute Gasteiger partial charge is 0.351 e. The molecule has 1 aromatic rings. The second kappa shape index (κ2) is 6.83. The van der Waals surface area contributed by atoms with Gasteiger partial charge >= 0.3 is 5.69 Å². The molecule has 0 aliphatic heterocycles. The second-order valence-electron chi connectivity index (χ2n) is 4.14. The number of nitro groups is 1. The molecular weight excluding hydrogens is 248 g/mol. The molecule has 1 rings (SSSR count). The molecule has 3 N–H and O–H groups in total. The molecule has 8 heteroatoms. The van der Waals surface area contributed by atoms with E-state index in [9.17, 15) is 10.1 Å². The number of nitrogens with zero attached hydrogens (tertiary/aromatic N) is 4. The molecule has 0 aromatic carbocycles. The van der Waals surface area contributed by atoms with Gasteiger partial charge in [0.1, 0.15) is 5.69 Å². The number of hydrogen-bond donors (Lipinski definition) is 2. The van der Waals surface area contributed by atoms with E-state index in [0.29, 0.717) is 24.6 Å². The highest BCUT2D eigenvalue weighted by molar-refractivity contribution is 5.62. The highest BCUT2D eigenvalue weighted by atomic mass is 16.6. The lowest BCUT2D eigenvalue weighted by atomic mass is 10.2. The van der Waals surface area contributed by atoms with Crippen LogP contribution in [0.4, 0.5) is 17.5 Å². The van der Waals surface area contributed by atoms with Crippen LogP contribution < -0.4 is 16.2 Å². The van der Waals surface area contributed by atoms with Crippen molar-refractivity contribution >= 4 is 17.5 Å². The molecule has 19 heavy (non-hydrogen) atoms. The summed E-state index contributed by atoms with van der Waals surface area (Å²) in [4.78, 5) is 20.7. The zero-order valence-corrected chi connectivity index (χ0v) is 11.5. The van der Waals surface area contributed by atoms with E-state index < -0.39 is 4.92 Å². The van der Waals surface area contributed by atoms with Crippen molar-refractivity contribution in [3.63, 3.8) is 0 Å². The van der Waals surface area contributed by atoms with Crippen LogP contribution in [0.2, 0.25) is 0 Å². The molecule has 0 fully saturated rings. The van der Waals surface area contributed by atoms with Crippen molar-refractivity contribution in [2.24, 2.45) is 5.84 Å². The van der Waals surface area contributed by atoms with Crippen molar-refractivity contribution in [1.29, 1.82) is 0 Å². The van der Waals surface area contributed by atoms with Crippen molar-refractivity contribution in [3.8, 4) is 0 Å². The highest BCUT2D eigenvalue weighted by Gasteiger charge is 2.25. The van der Waals surface area contributed by atoms with Gasteiger partial charge in [-0.1, -0.05) is 13.3 Å². The van der Waals surface area contributed by atoms with Gasteiger partial charge in [-0.2, -0.15) is 4.98 Å². The number of anilines is 2.